The number of benzene rings is 2. The number of pyridine rings is 1. The fraction of sp³-hybridized carbons (Fsp3) is 0.217. The monoisotopic (exact) mass is 486 g/mol. The fourth-order valence-electron chi connectivity index (χ4n) is 3.09. The molecule has 5 heteroatoms. The summed E-state index contributed by atoms with van der Waals surface area (Å²) in [6, 6.07) is 25.2. The molecule has 0 spiro atoms. The molecule has 0 atom stereocenters. The number of halogens is 1. The van der Waals surface area contributed by atoms with E-state index in [4.69, 9.17) is 0 Å². The summed E-state index contributed by atoms with van der Waals surface area (Å²) in [5.41, 5.74) is 3.80. The highest BCUT2D eigenvalue weighted by atomic mass is 127. The van der Waals surface area contributed by atoms with E-state index in [1.165, 1.54) is 16.7 Å². The third kappa shape index (κ3) is 6.64. The van der Waals surface area contributed by atoms with Gasteiger partial charge in [0.05, 0.1) is 0 Å². The Kier molecular flexibility index (Phi) is 9.48. The van der Waals surface area contributed by atoms with E-state index in [2.05, 4.69) is 87.3 Å². The van der Waals surface area contributed by atoms with Crippen LogP contribution in [0.5, 0.6) is 0 Å². The Morgan fingerprint density at radius 2 is 1.54 bits per heavy atom. The highest BCUT2D eigenvalue weighted by Crippen LogP contribution is 2.23. The molecule has 0 aliphatic heterocycles. The molecule has 0 aliphatic rings. The molecule has 1 heterocycles. The molecule has 3 aromatic rings. The van der Waals surface area contributed by atoms with Gasteiger partial charge in [0, 0.05) is 38.4 Å². The predicted octanol–water partition coefficient (Wildman–Crippen LogP) is 4.24. The van der Waals surface area contributed by atoms with E-state index in [0.717, 1.165) is 25.5 Å². The van der Waals surface area contributed by atoms with Crippen LogP contribution in [0.25, 0.3) is 0 Å². The van der Waals surface area contributed by atoms with Crippen molar-refractivity contribution in [2.24, 2.45) is 4.99 Å². The summed E-state index contributed by atoms with van der Waals surface area (Å²) in [4.78, 5) is 8.51. The molecule has 0 unspecified atom stereocenters. The third-order valence-electron chi connectivity index (χ3n) is 4.53. The van der Waals surface area contributed by atoms with Gasteiger partial charge in [-0.2, -0.15) is 0 Å². The second kappa shape index (κ2) is 12.1. The summed E-state index contributed by atoms with van der Waals surface area (Å²) >= 11 is 0. The Labute approximate surface area is 184 Å². The molecule has 1 aromatic heterocycles. The molecule has 146 valence electrons. The van der Waals surface area contributed by atoms with Gasteiger partial charge < -0.3 is 10.6 Å². The van der Waals surface area contributed by atoms with Gasteiger partial charge >= 0.3 is 0 Å². The summed E-state index contributed by atoms with van der Waals surface area (Å²) < 4.78 is 0. The molecular weight excluding hydrogens is 459 g/mol. The lowest BCUT2D eigenvalue weighted by molar-refractivity contribution is 0.725. The number of rotatable bonds is 7. The molecular formula is C23H27IN4. The summed E-state index contributed by atoms with van der Waals surface area (Å²) in [7, 11) is 1.81. The first-order valence-electron chi connectivity index (χ1n) is 9.30. The van der Waals surface area contributed by atoms with Crippen molar-refractivity contribution in [3.63, 3.8) is 0 Å². The molecule has 0 radical (unpaired) electrons. The Bertz CT molecular complexity index is 783. The van der Waals surface area contributed by atoms with Crippen molar-refractivity contribution in [3.8, 4) is 0 Å². The zero-order valence-corrected chi connectivity index (χ0v) is 18.4. The summed E-state index contributed by atoms with van der Waals surface area (Å²) in [6.45, 7) is 1.59. The first kappa shape index (κ1) is 21.9. The first-order chi connectivity index (χ1) is 13.4. The van der Waals surface area contributed by atoms with E-state index in [1.807, 2.05) is 12.3 Å². The highest BCUT2D eigenvalue weighted by molar-refractivity contribution is 14.0. The quantitative estimate of drug-likeness (QED) is 0.299. The smallest absolute Gasteiger partial charge is 0.191 e. The molecule has 0 bridgehead atoms. The van der Waals surface area contributed by atoms with Crippen LogP contribution in [0, 0.1) is 0 Å². The van der Waals surface area contributed by atoms with Crippen LogP contribution in [-0.2, 0) is 6.42 Å². The number of guanidine groups is 1. The van der Waals surface area contributed by atoms with Gasteiger partial charge in [0.15, 0.2) is 5.96 Å². The normalized spacial score (nSPS) is 11.0. The molecule has 4 nitrogen and oxygen atoms in total. The van der Waals surface area contributed by atoms with Crippen molar-refractivity contribution < 1.29 is 0 Å². The summed E-state index contributed by atoms with van der Waals surface area (Å²) in [5.74, 6) is 1.08. The van der Waals surface area contributed by atoms with Crippen molar-refractivity contribution >= 4 is 29.9 Å². The maximum Gasteiger partial charge on any atom is 0.191 e. The zero-order valence-electron chi connectivity index (χ0n) is 16.1. The van der Waals surface area contributed by atoms with Crippen LogP contribution in [0.4, 0.5) is 0 Å². The van der Waals surface area contributed by atoms with Gasteiger partial charge in [0.25, 0.3) is 0 Å². The standard InChI is InChI=1S/C23H26N4.HI/c1-24-23(26-16-14-19-9-8-15-25-17-19)27-18-22(20-10-4-2-5-11-20)21-12-6-3-7-13-21;/h2-13,15,17,22H,14,16,18H2,1H3,(H2,24,26,27);1H. The minimum atomic E-state index is 0. The van der Waals surface area contributed by atoms with Crippen LogP contribution in [0.15, 0.2) is 90.2 Å². The zero-order chi connectivity index (χ0) is 18.7. The number of hydrogen-bond donors (Lipinski definition) is 2. The molecule has 0 amide bonds. The molecule has 2 aromatic carbocycles. The lowest BCUT2D eigenvalue weighted by Crippen LogP contribution is -2.40. The third-order valence-corrected chi connectivity index (χ3v) is 4.53. The van der Waals surface area contributed by atoms with Crippen molar-refractivity contribution in [2.45, 2.75) is 12.3 Å². The van der Waals surface area contributed by atoms with E-state index < -0.39 is 0 Å². The Balaban J connectivity index is 0.00000280. The van der Waals surface area contributed by atoms with Crippen LogP contribution >= 0.6 is 24.0 Å². The van der Waals surface area contributed by atoms with Gasteiger partial charge in [-0.15, -0.1) is 24.0 Å². The van der Waals surface area contributed by atoms with Crippen LogP contribution in [0.1, 0.15) is 22.6 Å². The van der Waals surface area contributed by atoms with E-state index in [9.17, 15) is 0 Å². The Morgan fingerprint density at radius 3 is 2.07 bits per heavy atom. The maximum atomic E-state index is 4.36. The van der Waals surface area contributed by atoms with Crippen LogP contribution in [0.2, 0.25) is 0 Å². The fourth-order valence-corrected chi connectivity index (χ4v) is 3.09. The lowest BCUT2D eigenvalue weighted by atomic mass is 9.91. The van der Waals surface area contributed by atoms with Crippen molar-refractivity contribution in [1.29, 1.82) is 0 Å². The van der Waals surface area contributed by atoms with E-state index in [0.29, 0.717) is 0 Å². The van der Waals surface area contributed by atoms with E-state index in [1.54, 1.807) is 13.2 Å². The highest BCUT2D eigenvalue weighted by Gasteiger charge is 2.14. The average Bonchev–Trinajstić information content (AvgIpc) is 2.75. The molecule has 3 rings (SSSR count). The van der Waals surface area contributed by atoms with Gasteiger partial charge in [-0.3, -0.25) is 9.98 Å². The SMILES string of the molecule is CN=C(NCCc1cccnc1)NCC(c1ccccc1)c1ccccc1.I. The maximum absolute atomic E-state index is 4.36. The molecule has 0 saturated heterocycles. The van der Waals surface area contributed by atoms with Gasteiger partial charge in [-0.05, 0) is 29.2 Å². The number of nitrogens with one attached hydrogen (secondary N) is 2. The molecule has 28 heavy (non-hydrogen) atoms. The van der Waals surface area contributed by atoms with Crippen molar-refractivity contribution in [3.05, 3.63) is 102 Å². The molecule has 0 aliphatic carbocycles. The van der Waals surface area contributed by atoms with Gasteiger partial charge in [0.1, 0.15) is 0 Å². The average molecular weight is 486 g/mol. The number of hydrogen-bond acceptors (Lipinski definition) is 2. The van der Waals surface area contributed by atoms with Gasteiger partial charge in [-0.25, -0.2) is 0 Å². The predicted molar refractivity (Wildman–Crippen MR) is 127 cm³/mol. The van der Waals surface area contributed by atoms with Gasteiger partial charge in [0.2, 0.25) is 0 Å². The van der Waals surface area contributed by atoms with E-state index in [-0.39, 0.29) is 29.9 Å². The Morgan fingerprint density at radius 1 is 0.893 bits per heavy atom. The number of aliphatic imine (C=N–C) groups is 1. The minimum absolute atomic E-state index is 0. The van der Waals surface area contributed by atoms with Crippen molar-refractivity contribution in [2.75, 3.05) is 20.1 Å². The van der Waals surface area contributed by atoms with Crippen LogP contribution < -0.4 is 10.6 Å². The van der Waals surface area contributed by atoms with Crippen LogP contribution in [0.3, 0.4) is 0 Å². The number of aromatic nitrogens is 1. The lowest BCUT2D eigenvalue weighted by Gasteiger charge is -2.20. The first-order valence-corrected chi connectivity index (χ1v) is 9.30. The topological polar surface area (TPSA) is 49.3 Å². The summed E-state index contributed by atoms with van der Waals surface area (Å²) in [6.07, 6.45) is 4.61. The second-order valence-electron chi connectivity index (χ2n) is 6.37. The largest absolute Gasteiger partial charge is 0.356 e. The molecule has 0 saturated carbocycles. The Hall–Kier alpha value is -2.41. The van der Waals surface area contributed by atoms with Crippen molar-refractivity contribution in [1.82, 2.24) is 15.6 Å². The number of nitrogens with zero attached hydrogens (tertiary/aromatic N) is 2. The molecule has 2 N–H and O–H groups in total. The second-order valence-corrected chi connectivity index (χ2v) is 6.37. The molecule has 0 fully saturated rings. The summed E-state index contributed by atoms with van der Waals surface area (Å²) in [5, 5.41) is 6.86. The van der Waals surface area contributed by atoms with Crippen LogP contribution in [-0.4, -0.2) is 31.1 Å². The minimum Gasteiger partial charge on any atom is -0.356 e. The van der Waals surface area contributed by atoms with E-state index >= 15 is 0 Å². The van der Waals surface area contributed by atoms with Gasteiger partial charge in [-0.1, -0.05) is 66.7 Å².